The molecule has 1 aromatic heterocycles. The molecule has 2 aliphatic rings. The SMILES string of the molecule is O=C(Nc1nc2ccc(CN3CCOCC3)cc2n1C1CCC(C(=O)NCCO)CC1)c1ccc(F)cc1. The molecule has 1 aliphatic carbocycles. The maximum Gasteiger partial charge on any atom is 0.257 e. The molecule has 3 N–H and O–H groups in total. The number of anilines is 1. The summed E-state index contributed by atoms with van der Waals surface area (Å²) in [4.78, 5) is 32.6. The van der Waals surface area contributed by atoms with E-state index < -0.39 is 5.82 Å². The van der Waals surface area contributed by atoms with E-state index in [0.29, 0.717) is 24.4 Å². The molecule has 2 fully saturated rings. The third-order valence-corrected chi connectivity index (χ3v) is 7.44. The Morgan fingerprint density at radius 3 is 2.50 bits per heavy atom. The molecule has 38 heavy (non-hydrogen) atoms. The molecule has 2 aromatic carbocycles. The number of hydrogen-bond donors (Lipinski definition) is 3. The highest BCUT2D eigenvalue weighted by Crippen LogP contribution is 2.37. The maximum atomic E-state index is 13.4. The Labute approximate surface area is 221 Å². The summed E-state index contributed by atoms with van der Waals surface area (Å²) in [5.41, 5.74) is 3.24. The van der Waals surface area contributed by atoms with Crippen LogP contribution in [0, 0.1) is 11.7 Å². The maximum absolute atomic E-state index is 13.4. The van der Waals surface area contributed by atoms with Gasteiger partial charge in [-0.2, -0.15) is 0 Å². The van der Waals surface area contributed by atoms with Gasteiger partial charge in [-0.05, 0) is 67.6 Å². The van der Waals surface area contributed by atoms with E-state index in [2.05, 4.69) is 32.2 Å². The van der Waals surface area contributed by atoms with Gasteiger partial charge in [-0.15, -0.1) is 0 Å². The fraction of sp³-hybridized carbons (Fsp3) is 0.464. The number of fused-ring (bicyclic) bond motifs is 1. The second-order valence-corrected chi connectivity index (χ2v) is 10.00. The van der Waals surface area contributed by atoms with Crippen LogP contribution in [-0.4, -0.2) is 70.8 Å². The lowest BCUT2D eigenvalue weighted by Gasteiger charge is -2.30. The minimum atomic E-state index is -0.402. The van der Waals surface area contributed by atoms with Gasteiger partial charge in [-0.1, -0.05) is 6.07 Å². The molecule has 9 nitrogen and oxygen atoms in total. The van der Waals surface area contributed by atoms with Crippen LogP contribution in [0.4, 0.5) is 10.3 Å². The molecule has 10 heteroatoms. The number of carbonyl (C=O) groups is 2. The van der Waals surface area contributed by atoms with Gasteiger partial charge in [-0.3, -0.25) is 19.8 Å². The van der Waals surface area contributed by atoms with Gasteiger partial charge in [0, 0.05) is 43.7 Å². The molecule has 1 aliphatic heterocycles. The van der Waals surface area contributed by atoms with Crippen molar-refractivity contribution in [2.24, 2.45) is 5.92 Å². The third kappa shape index (κ3) is 6.03. The number of imidazole rings is 1. The molecular weight excluding hydrogens is 489 g/mol. The highest BCUT2D eigenvalue weighted by Gasteiger charge is 2.30. The Kier molecular flexibility index (Phi) is 8.31. The van der Waals surface area contributed by atoms with Gasteiger partial charge in [0.15, 0.2) is 0 Å². The Morgan fingerprint density at radius 2 is 1.79 bits per heavy atom. The number of rotatable bonds is 8. The first-order valence-corrected chi connectivity index (χ1v) is 13.3. The van der Waals surface area contributed by atoms with Crippen LogP contribution in [0.3, 0.4) is 0 Å². The molecule has 0 spiro atoms. The van der Waals surface area contributed by atoms with Gasteiger partial charge in [0.25, 0.3) is 5.91 Å². The van der Waals surface area contributed by atoms with Crippen molar-refractivity contribution in [1.29, 1.82) is 0 Å². The van der Waals surface area contributed by atoms with E-state index in [9.17, 15) is 14.0 Å². The first-order chi connectivity index (χ1) is 18.5. The number of aliphatic hydroxyl groups is 1. The lowest BCUT2D eigenvalue weighted by molar-refractivity contribution is -0.126. The van der Waals surface area contributed by atoms with Crippen LogP contribution >= 0.6 is 0 Å². The summed E-state index contributed by atoms with van der Waals surface area (Å²) in [5, 5.41) is 14.8. The zero-order valence-electron chi connectivity index (χ0n) is 21.4. The second-order valence-electron chi connectivity index (χ2n) is 10.00. The Hall–Kier alpha value is -3.34. The number of morpholine rings is 1. The number of halogens is 1. The van der Waals surface area contributed by atoms with Crippen molar-refractivity contribution in [3.05, 3.63) is 59.4 Å². The van der Waals surface area contributed by atoms with Gasteiger partial charge in [-0.25, -0.2) is 9.37 Å². The lowest BCUT2D eigenvalue weighted by Crippen LogP contribution is -2.35. The Bertz CT molecular complexity index is 1260. The van der Waals surface area contributed by atoms with Crippen molar-refractivity contribution in [3.8, 4) is 0 Å². The van der Waals surface area contributed by atoms with Crippen molar-refractivity contribution in [2.75, 3.05) is 44.8 Å². The average molecular weight is 524 g/mol. The first-order valence-electron chi connectivity index (χ1n) is 13.3. The normalized spacial score (nSPS) is 20.4. The van der Waals surface area contributed by atoms with Gasteiger partial charge in [0.05, 0.1) is 30.9 Å². The monoisotopic (exact) mass is 523 g/mol. The van der Waals surface area contributed by atoms with E-state index >= 15 is 0 Å². The van der Waals surface area contributed by atoms with Crippen molar-refractivity contribution >= 4 is 28.8 Å². The number of carbonyl (C=O) groups excluding carboxylic acids is 2. The number of ether oxygens (including phenoxy) is 1. The number of aromatic nitrogens is 2. The van der Waals surface area contributed by atoms with E-state index in [4.69, 9.17) is 14.8 Å². The van der Waals surface area contributed by atoms with Crippen molar-refractivity contribution in [3.63, 3.8) is 0 Å². The Morgan fingerprint density at radius 1 is 1.05 bits per heavy atom. The van der Waals surface area contributed by atoms with Crippen LogP contribution in [0.1, 0.15) is 47.6 Å². The fourth-order valence-corrected chi connectivity index (χ4v) is 5.41. The first kappa shape index (κ1) is 26.3. The Balaban J connectivity index is 1.42. The van der Waals surface area contributed by atoms with E-state index in [1.165, 1.54) is 24.3 Å². The van der Waals surface area contributed by atoms with Crippen LogP contribution in [0.25, 0.3) is 11.0 Å². The quantitative estimate of drug-likeness (QED) is 0.419. The molecule has 1 saturated heterocycles. The van der Waals surface area contributed by atoms with Crippen LogP contribution in [0.5, 0.6) is 0 Å². The predicted octanol–water partition coefficient (Wildman–Crippen LogP) is 3.10. The summed E-state index contributed by atoms with van der Waals surface area (Å²) in [7, 11) is 0. The van der Waals surface area contributed by atoms with E-state index in [1.54, 1.807) is 0 Å². The summed E-state index contributed by atoms with van der Waals surface area (Å²) >= 11 is 0. The number of benzene rings is 2. The lowest BCUT2D eigenvalue weighted by atomic mass is 9.85. The summed E-state index contributed by atoms with van der Waals surface area (Å²) in [6, 6.07) is 11.7. The van der Waals surface area contributed by atoms with Crippen LogP contribution < -0.4 is 10.6 Å². The standard InChI is InChI=1S/C28H34FN5O4/c29-22-6-2-21(3-7-22)27(37)32-28-31-24-10-1-19(18-33-12-15-38-16-13-33)17-25(24)34(28)23-8-4-20(5-9-23)26(36)30-11-14-35/h1-3,6-7,10,17,20,23,35H,4-5,8-9,11-16,18H2,(H,30,36)(H,31,32,37). The molecule has 0 unspecified atom stereocenters. The molecule has 0 atom stereocenters. The third-order valence-electron chi connectivity index (χ3n) is 7.44. The number of aliphatic hydroxyl groups excluding tert-OH is 1. The molecule has 5 rings (SSSR count). The van der Waals surface area contributed by atoms with E-state index in [0.717, 1.165) is 62.3 Å². The van der Waals surface area contributed by atoms with Crippen LogP contribution in [0.2, 0.25) is 0 Å². The molecule has 2 amide bonds. The topological polar surface area (TPSA) is 109 Å². The summed E-state index contributed by atoms with van der Waals surface area (Å²) in [5.74, 6) is -0.424. The van der Waals surface area contributed by atoms with Crippen molar-refractivity contribution < 1.29 is 23.8 Å². The van der Waals surface area contributed by atoms with Crippen molar-refractivity contribution in [1.82, 2.24) is 19.8 Å². The highest BCUT2D eigenvalue weighted by molar-refractivity contribution is 6.04. The molecular formula is C28H34FN5O4. The molecule has 0 bridgehead atoms. The molecule has 2 heterocycles. The summed E-state index contributed by atoms with van der Waals surface area (Å²) in [6.45, 7) is 4.23. The number of amides is 2. The van der Waals surface area contributed by atoms with Crippen LogP contribution in [0.15, 0.2) is 42.5 Å². The predicted molar refractivity (Wildman–Crippen MR) is 141 cm³/mol. The van der Waals surface area contributed by atoms with Gasteiger partial charge < -0.3 is 19.7 Å². The molecule has 1 saturated carbocycles. The van der Waals surface area contributed by atoms with E-state index in [-0.39, 0.29) is 36.9 Å². The van der Waals surface area contributed by atoms with Gasteiger partial charge in [0.2, 0.25) is 11.9 Å². The minimum Gasteiger partial charge on any atom is -0.395 e. The largest absolute Gasteiger partial charge is 0.395 e. The van der Waals surface area contributed by atoms with Crippen LogP contribution in [-0.2, 0) is 16.1 Å². The van der Waals surface area contributed by atoms with E-state index in [1.807, 2.05) is 6.07 Å². The number of nitrogens with one attached hydrogen (secondary N) is 2. The number of hydrogen-bond acceptors (Lipinski definition) is 6. The summed E-state index contributed by atoms with van der Waals surface area (Å²) in [6.07, 6.45) is 2.94. The smallest absolute Gasteiger partial charge is 0.257 e. The zero-order valence-corrected chi connectivity index (χ0v) is 21.4. The minimum absolute atomic E-state index is 0.0226. The molecule has 3 aromatic rings. The zero-order chi connectivity index (χ0) is 26.5. The van der Waals surface area contributed by atoms with Crippen molar-refractivity contribution in [2.45, 2.75) is 38.3 Å². The molecule has 0 radical (unpaired) electrons. The molecule has 202 valence electrons. The summed E-state index contributed by atoms with van der Waals surface area (Å²) < 4.78 is 21.0. The second kappa shape index (κ2) is 12.0. The average Bonchev–Trinajstić information content (AvgIpc) is 3.29. The fourth-order valence-electron chi connectivity index (χ4n) is 5.41. The van der Waals surface area contributed by atoms with Gasteiger partial charge >= 0.3 is 0 Å². The number of nitrogens with zero attached hydrogens (tertiary/aromatic N) is 3. The van der Waals surface area contributed by atoms with Gasteiger partial charge in [0.1, 0.15) is 5.82 Å². The highest BCUT2D eigenvalue weighted by atomic mass is 19.1.